The molecule has 0 unspecified atom stereocenters. The maximum atomic E-state index is 9.49. The standard InChI is InChI=1S/2C4H6O2.OSi2/c2*1-3(2)4(5)6;2-1-3/h2*1H2,2H3,(H,5,6);/p-2. The molecule has 0 heterocycles. The molecule has 15 heavy (non-hydrogen) atoms. The Hall–Kier alpha value is -1.19. The lowest BCUT2D eigenvalue weighted by molar-refractivity contribution is -0.300. The van der Waals surface area contributed by atoms with Crippen molar-refractivity contribution >= 4 is 32.9 Å². The van der Waals surface area contributed by atoms with Crippen LogP contribution in [0.25, 0.3) is 0 Å². The average molecular weight is 242 g/mol. The van der Waals surface area contributed by atoms with Crippen LogP contribution in [0.1, 0.15) is 13.8 Å². The lowest BCUT2D eigenvalue weighted by Gasteiger charge is -1.93. The van der Waals surface area contributed by atoms with Crippen molar-refractivity contribution in [2.45, 2.75) is 13.8 Å². The quantitative estimate of drug-likeness (QED) is 0.405. The molecule has 0 rings (SSSR count). The molecule has 82 valence electrons. The molecule has 0 fully saturated rings. The largest absolute Gasteiger partial charge is 0.545 e. The highest BCUT2D eigenvalue weighted by Gasteiger charge is 1.76. The van der Waals surface area contributed by atoms with Crippen LogP contribution in [0.3, 0.4) is 0 Å². The third-order valence-electron chi connectivity index (χ3n) is 0.697. The number of aliphatic carboxylic acids is 2. The molecular formula is C8H10O5Si2-2. The molecule has 0 aliphatic rings. The Labute approximate surface area is 95.5 Å². The first kappa shape index (κ1) is 19.4. The highest BCUT2D eigenvalue weighted by molar-refractivity contribution is 6.15. The van der Waals surface area contributed by atoms with E-state index in [1.165, 1.54) is 13.8 Å². The third kappa shape index (κ3) is 32.3. The number of hydrogen-bond acceptors (Lipinski definition) is 5. The summed E-state index contributed by atoms with van der Waals surface area (Å²) in [6.45, 7) is 8.95. The second-order valence-corrected chi connectivity index (χ2v) is 3.05. The summed E-state index contributed by atoms with van der Waals surface area (Å²) in [5, 5.41) is 19.0. The van der Waals surface area contributed by atoms with E-state index in [2.05, 4.69) is 38.2 Å². The monoisotopic (exact) mass is 242 g/mol. The van der Waals surface area contributed by atoms with Crippen LogP contribution in [0, 0.1) is 0 Å². The van der Waals surface area contributed by atoms with Crippen molar-refractivity contribution < 1.29 is 23.9 Å². The zero-order chi connectivity index (χ0) is 13.0. The lowest BCUT2D eigenvalue weighted by atomic mass is 10.4. The van der Waals surface area contributed by atoms with Gasteiger partial charge in [0.05, 0.1) is 11.9 Å². The van der Waals surface area contributed by atoms with Crippen LogP contribution < -0.4 is 10.2 Å². The van der Waals surface area contributed by atoms with E-state index in [1.54, 1.807) is 0 Å². The van der Waals surface area contributed by atoms with Crippen molar-refractivity contribution in [2.24, 2.45) is 0 Å². The highest BCUT2D eigenvalue weighted by Crippen LogP contribution is 1.77. The Kier molecular flexibility index (Phi) is 16.6. The number of carbonyl (C=O) groups is 2. The summed E-state index contributed by atoms with van der Waals surface area (Å²) < 4.78 is 3.86. The maximum absolute atomic E-state index is 9.49. The topological polar surface area (TPSA) is 89.5 Å². The molecule has 0 bridgehead atoms. The van der Waals surface area contributed by atoms with Crippen LogP contribution >= 0.6 is 0 Å². The normalized spacial score (nSPS) is 7.20. The van der Waals surface area contributed by atoms with Gasteiger partial charge in [-0.25, -0.2) is 0 Å². The van der Waals surface area contributed by atoms with E-state index < -0.39 is 11.9 Å². The van der Waals surface area contributed by atoms with Gasteiger partial charge >= 0.3 is 0 Å². The van der Waals surface area contributed by atoms with Crippen LogP contribution in [0.4, 0.5) is 0 Å². The number of carboxylic acid groups (broad SMARTS) is 2. The average Bonchev–Trinajstić information content (AvgIpc) is 2.06. The minimum absolute atomic E-state index is 0.0648. The first-order chi connectivity index (χ1) is 6.70. The van der Waals surface area contributed by atoms with Crippen LogP contribution in [0.15, 0.2) is 24.3 Å². The van der Waals surface area contributed by atoms with Gasteiger partial charge in [-0.1, -0.05) is 13.2 Å². The molecule has 7 heteroatoms. The van der Waals surface area contributed by atoms with Gasteiger partial charge in [0.2, 0.25) is 21.0 Å². The predicted octanol–water partition coefficient (Wildman–Crippen LogP) is -2.21. The molecule has 0 aromatic rings. The Morgan fingerprint density at radius 2 is 1.07 bits per heavy atom. The summed E-state index contributed by atoms with van der Waals surface area (Å²) in [6, 6.07) is 0. The van der Waals surface area contributed by atoms with Crippen molar-refractivity contribution in [3.05, 3.63) is 24.3 Å². The van der Waals surface area contributed by atoms with Crippen LogP contribution in [0.5, 0.6) is 0 Å². The molecule has 0 aliphatic heterocycles. The molecule has 0 amide bonds. The first-order valence-corrected chi connectivity index (χ1v) is 4.25. The second kappa shape index (κ2) is 12.8. The summed E-state index contributed by atoms with van der Waals surface area (Å²) in [4.78, 5) is 19.0. The van der Waals surface area contributed by atoms with Gasteiger partial charge in [-0.05, 0) is 25.0 Å². The highest BCUT2D eigenvalue weighted by atomic mass is 28.3. The summed E-state index contributed by atoms with van der Waals surface area (Å²) in [5.74, 6) is -2.37. The first-order valence-electron chi connectivity index (χ1n) is 3.43. The molecule has 0 atom stereocenters. The summed E-state index contributed by atoms with van der Waals surface area (Å²) >= 11 is 0. The summed E-state index contributed by atoms with van der Waals surface area (Å²) in [7, 11) is 5.19. The SMILES string of the molecule is C=C(C)C(=O)[O-].C=C(C)C(=O)[O-].[Si]O[Si]. The molecule has 0 aromatic carbocycles. The molecule has 0 saturated heterocycles. The molecular weight excluding hydrogens is 232 g/mol. The van der Waals surface area contributed by atoms with E-state index >= 15 is 0 Å². The van der Waals surface area contributed by atoms with Gasteiger partial charge in [0.15, 0.2) is 0 Å². The van der Waals surface area contributed by atoms with Crippen molar-refractivity contribution in [1.82, 2.24) is 0 Å². The molecule has 6 radical (unpaired) electrons. The maximum Gasteiger partial charge on any atom is 0.229 e. The zero-order valence-electron chi connectivity index (χ0n) is 8.46. The lowest BCUT2D eigenvalue weighted by Crippen LogP contribution is -2.22. The minimum atomic E-state index is -1.19. The van der Waals surface area contributed by atoms with Gasteiger partial charge in [0.25, 0.3) is 0 Å². The van der Waals surface area contributed by atoms with E-state index in [9.17, 15) is 19.8 Å². The van der Waals surface area contributed by atoms with E-state index in [1.807, 2.05) is 0 Å². The van der Waals surface area contributed by atoms with E-state index in [0.717, 1.165) is 0 Å². The molecule has 0 saturated carbocycles. The van der Waals surface area contributed by atoms with E-state index in [-0.39, 0.29) is 11.1 Å². The van der Waals surface area contributed by atoms with Crippen LogP contribution in [-0.4, -0.2) is 32.9 Å². The Balaban J connectivity index is -0.000000153. The van der Waals surface area contributed by atoms with Crippen molar-refractivity contribution in [3.8, 4) is 0 Å². The van der Waals surface area contributed by atoms with Gasteiger partial charge in [-0.15, -0.1) is 0 Å². The van der Waals surface area contributed by atoms with Gasteiger partial charge < -0.3 is 23.9 Å². The number of rotatable bonds is 2. The van der Waals surface area contributed by atoms with Crippen molar-refractivity contribution in [1.29, 1.82) is 0 Å². The van der Waals surface area contributed by atoms with Crippen LogP contribution in [0.2, 0.25) is 0 Å². The fourth-order valence-electron chi connectivity index (χ4n) is 0. The van der Waals surface area contributed by atoms with Crippen LogP contribution in [-0.2, 0) is 13.7 Å². The summed E-state index contributed by atoms with van der Waals surface area (Å²) in [6.07, 6.45) is 0. The van der Waals surface area contributed by atoms with E-state index in [4.69, 9.17) is 0 Å². The predicted molar refractivity (Wildman–Crippen MR) is 52.2 cm³/mol. The van der Waals surface area contributed by atoms with Gasteiger partial charge in [0.1, 0.15) is 0 Å². The molecule has 0 aliphatic carbocycles. The fourth-order valence-corrected chi connectivity index (χ4v) is 0. The minimum Gasteiger partial charge on any atom is -0.545 e. The summed E-state index contributed by atoms with van der Waals surface area (Å²) in [5.41, 5.74) is 0.130. The number of hydrogen-bond donors (Lipinski definition) is 0. The van der Waals surface area contributed by atoms with E-state index in [0.29, 0.717) is 0 Å². The van der Waals surface area contributed by atoms with Gasteiger partial charge in [0, 0.05) is 0 Å². The molecule has 0 aromatic heterocycles. The number of carboxylic acids is 2. The van der Waals surface area contributed by atoms with Crippen molar-refractivity contribution in [2.75, 3.05) is 0 Å². The Morgan fingerprint density at radius 1 is 1.00 bits per heavy atom. The Bertz CT molecular complexity index is 189. The molecule has 5 nitrogen and oxygen atoms in total. The number of carbonyl (C=O) groups excluding carboxylic acids is 2. The van der Waals surface area contributed by atoms with Gasteiger partial charge in [-0.2, -0.15) is 0 Å². The third-order valence-corrected chi connectivity index (χ3v) is 0.697. The zero-order valence-corrected chi connectivity index (χ0v) is 10.5. The molecule has 0 spiro atoms. The van der Waals surface area contributed by atoms with Gasteiger partial charge in [-0.3, -0.25) is 0 Å². The Morgan fingerprint density at radius 3 is 1.07 bits per heavy atom. The molecule has 0 N–H and O–H groups in total. The second-order valence-electron chi connectivity index (χ2n) is 2.24. The van der Waals surface area contributed by atoms with Crippen molar-refractivity contribution in [3.63, 3.8) is 0 Å². The smallest absolute Gasteiger partial charge is 0.229 e. The fraction of sp³-hybridized carbons (Fsp3) is 0.250.